The van der Waals surface area contributed by atoms with E-state index >= 15 is 0 Å². The Balaban J connectivity index is 0. The summed E-state index contributed by atoms with van der Waals surface area (Å²) in [4.78, 5) is 11.9. The van der Waals surface area contributed by atoms with Crippen LogP contribution in [0.5, 0.6) is 0 Å². The fourth-order valence-corrected chi connectivity index (χ4v) is 3.47. The Morgan fingerprint density at radius 1 is 0.893 bits per heavy atom. The van der Waals surface area contributed by atoms with E-state index in [1.165, 1.54) is 44.9 Å². The van der Waals surface area contributed by atoms with Crippen molar-refractivity contribution in [2.45, 2.75) is 108 Å². The minimum Gasteiger partial charge on any atom is -0.747 e. The molecule has 0 aliphatic carbocycles. The van der Waals surface area contributed by atoms with Crippen LogP contribution in [0.1, 0.15) is 104 Å². The molecule has 0 spiro atoms. The van der Waals surface area contributed by atoms with Crippen LogP contribution in [0.2, 0.25) is 0 Å². The van der Waals surface area contributed by atoms with E-state index in [9.17, 15) is 17.8 Å². The zero-order valence-electron chi connectivity index (χ0n) is 18.2. The molecule has 1 N–H and O–H groups in total. The SMILES string of the molecule is CCCCCCCC/C=C\CCCCCCCC(=O)C(C)(CO)S(=O)(=O)[O-].[Na+]. The summed E-state index contributed by atoms with van der Waals surface area (Å²) < 4.78 is 31.2. The molecule has 5 nitrogen and oxygen atoms in total. The fraction of sp³-hybridized carbons (Fsp3) is 0.857. The predicted molar refractivity (Wildman–Crippen MR) is 110 cm³/mol. The summed E-state index contributed by atoms with van der Waals surface area (Å²) in [5.41, 5.74) is 0. The Bertz CT molecular complexity index is 519. The molecule has 0 amide bonds. The monoisotopic (exact) mass is 426 g/mol. The molecule has 0 fully saturated rings. The van der Waals surface area contributed by atoms with Crippen molar-refractivity contribution in [3.63, 3.8) is 0 Å². The zero-order valence-corrected chi connectivity index (χ0v) is 21.1. The number of aliphatic hydroxyl groups excluding tert-OH is 1. The molecule has 0 aromatic heterocycles. The van der Waals surface area contributed by atoms with E-state index in [1.807, 2.05) is 0 Å². The van der Waals surface area contributed by atoms with Gasteiger partial charge >= 0.3 is 29.6 Å². The third-order valence-corrected chi connectivity index (χ3v) is 6.57. The van der Waals surface area contributed by atoms with Crippen LogP contribution in [0, 0.1) is 0 Å². The minimum atomic E-state index is -4.84. The van der Waals surface area contributed by atoms with Gasteiger partial charge < -0.3 is 9.66 Å². The molecule has 0 aliphatic heterocycles. The van der Waals surface area contributed by atoms with Crippen molar-refractivity contribution in [1.82, 2.24) is 0 Å². The number of Topliss-reactive ketones (excluding diaryl/α,β-unsaturated/α-hetero) is 1. The van der Waals surface area contributed by atoms with E-state index < -0.39 is 27.3 Å². The van der Waals surface area contributed by atoms with Gasteiger partial charge in [0.1, 0.15) is 14.9 Å². The van der Waals surface area contributed by atoms with Crippen LogP contribution in [-0.2, 0) is 14.9 Å². The predicted octanol–water partition coefficient (Wildman–Crippen LogP) is 1.89. The maximum atomic E-state index is 11.9. The molecule has 0 radical (unpaired) electrons. The van der Waals surface area contributed by atoms with Gasteiger partial charge in [-0.15, -0.1) is 0 Å². The number of hydrogen-bond acceptors (Lipinski definition) is 5. The Labute approximate surface area is 194 Å². The van der Waals surface area contributed by atoms with Crippen LogP contribution in [0.15, 0.2) is 12.2 Å². The van der Waals surface area contributed by atoms with Gasteiger partial charge in [-0.1, -0.05) is 70.4 Å². The molecule has 0 aliphatic rings. The van der Waals surface area contributed by atoms with Crippen molar-refractivity contribution >= 4 is 15.9 Å². The van der Waals surface area contributed by atoms with Crippen molar-refractivity contribution in [3.05, 3.63) is 12.2 Å². The molecule has 7 heteroatoms. The first-order chi connectivity index (χ1) is 12.8. The maximum absolute atomic E-state index is 11.9. The molecular formula is C21H39NaO5S. The Kier molecular flexibility index (Phi) is 19.7. The fourth-order valence-electron chi connectivity index (χ4n) is 2.93. The van der Waals surface area contributed by atoms with E-state index in [4.69, 9.17) is 5.11 Å². The number of allylic oxidation sites excluding steroid dienone is 2. The van der Waals surface area contributed by atoms with Gasteiger partial charge in [0.25, 0.3) is 0 Å². The van der Waals surface area contributed by atoms with Crippen molar-refractivity contribution in [2.75, 3.05) is 6.61 Å². The number of ketones is 1. The molecule has 0 heterocycles. The normalized spacial score (nSPS) is 14.0. The number of aliphatic hydroxyl groups is 1. The first-order valence-electron chi connectivity index (χ1n) is 10.5. The summed E-state index contributed by atoms with van der Waals surface area (Å²) >= 11 is 0. The summed E-state index contributed by atoms with van der Waals surface area (Å²) in [7, 11) is -4.84. The molecular weight excluding hydrogens is 387 g/mol. The third-order valence-electron chi connectivity index (χ3n) is 5.11. The minimum absolute atomic E-state index is 0. The van der Waals surface area contributed by atoms with Gasteiger partial charge in [0.2, 0.25) is 0 Å². The molecule has 160 valence electrons. The zero-order chi connectivity index (χ0) is 20.6. The Morgan fingerprint density at radius 2 is 1.32 bits per heavy atom. The van der Waals surface area contributed by atoms with Gasteiger partial charge in [-0.05, 0) is 39.0 Å². The number of rotatable bonds is 18. The second-order valence-electron chi connectivity index (χ2n) is 7.60. The third kappa shape index (κ3) is 13.5. The van der Waals surface area contributed by atoms with Crippen LogP contribution in [0.3, 0.4) is 0 Å². The van der Waals surface area contributed by atoms with Crippen molar-refractivity contribution in [3.8, 4) is 0 Å². The number of hydrogen-bond donors (Lipinski definition) is 1. The van der Waals surface area contributed by atoms with Gasteiger partial charge in [-0.25, -0.2) is 8.42 Å². The van der Waals surface area contributed by atoms with E-state index in [1.54, 1.807) is 0 Å². The van der Waals surface area contributed by atoms with Crippen molar-refractivity contribution in [2.24, 2.45) is 0 Å². The largest absolute Gasteiger partial charge is 1.00 e. The smallest absolute Gasteiger partial charge is 0.747 e. The molecule has 1 atom stereocenters. The Hall–Kier alpha value is 0.280. The maximum Gasteiger partial charge on any atom is 1.00 e. The number of carbonyl (C=O) groups excluding carboxylic acids is 1. The molecule has 0 saturated carbocycles. The quantitative estimate of drug-likeness (QED) is 0.156. The average molecular weight is 427 g/mol. The summed E-state index contributed by atoms with van der Waals surface area (Å²) in [6.45, 7) is 2.29. The van der Waals surface area contributed by atoms with Gasteiger partial charge in [0.05, 0.1) is 6.61 Å². The molecule has 0 bridgehead atoms. The molecule has 0 rings (SSSR count). The average Bonchev–Trinajstić information content (AvgIpc) is 2.62. The molecule has 0 aromatic rings. The van der Waals surface area contributed by atoms with Gasteiger partial charge in [-0.3, -0.25) is 4.79 Å². The summed E-state index contributed by atoms with van der Waals surface area (Å²) in [6, 6.07) is 0. The van der Waals surface area contributed by atoms with Gasteiger partial charge in [0.15, 0.2) is 5.78 Å². The van der Waals surface area contributed by atoms with E-state index in [0.717, 1.165) is 39.0 Å². The van der Waals surface area contributed by atoms with Crippen LogP contribution < -0.4 is 29.6 Å². The van der Waals surface area contributed by atoms with Crippen LogP contribution >= 0.6 is 0 Å². The van der Waals surface area contributed by atoms with Gasteiger partial charge in [-0.2, -0.15) is 0 Å². The molecule has 0 aromatic carbocycles. The van der Waals surface area contributed by atoms with Crippen LogP contribution in [-0.4, -0.2) is 35.2 Å². The number of carbonyl (C=O) groups is 1. The summed E-state index contributed by atoms with van der Waals surface area (Å²) in [6.07, 6.45) is 19.3. The summed E-state index contributed by atoms with van der Waals surface area (Å²) in [5.74, 6) is -0.683. The van der Waals surface area contributed by atoms with E-state index in [-0.39, 0.29) is 36.0 Å². The first kappa shape index (κ1) is 30.5. The Morgan fingerprint density at radius 3 is 1.75 bits per heavy atom. The van der Waals surface area contributed by atoms with Crippen molar-refractivity contribution < 1.29 is 52.4 Å². The second kappa shape index (κ2) is 18.1. The van der Waals surface area contributed by atoms with E-state index in [2.05, 4.69) is 19.1 Å². The first-order valence-corrected chi connectivity index (χ1v) is 11.9. The van der Waals surface area contributed by atoms with Crippen LogP contribution in [0.4, 0.5) is 0 Å². The summed E-state index contributed by atoms with van der Waals surface area (Å²) in [5, 5.41) is 9.11. The van der Waals surface area contributed by atoms with Crippen molar-refractivity contribution in [1.29, 1.82) is 0 Å². The number of unbranched alkanes of at least 4 members (excludes halogenated alkanes) is 11. The standard InChI is InChI=1S/C21H40O5S.Na/c1-3-4-5-6-7-8-9-10-11-12-13-14-15-16-17-18-20(23)21(2,19-22)27(24,25)26;/h10-11,22H,3-9,12-19H2,1-2H3,(H,24,25,26);/q;+1/p-1/b11-10-;. The molecule has 1 unspecified atom stereocenters. The molecule has 28 heavy (non-hydrogen) atoms. The molecule has 0 saturated heterocycles. The van der Waals surface area contributed by atoms with Gasteiger partial charge in [0, 0.05) is 6.42 Å². The second-order valence-corrected chi connectivity index (χ2v) is 9.41. The van der Waals surface area contributed by atoms with E-state index in [0.29, 0.717) is 6.42 Å². The topological polar surface area (TPSA) is 94.5 Å². The van der Waals surface area contributed by atoms with Crippen LogP contribution in [0.25, 0.3) is 0 Å².